The molecule has 2 amide bonds. The number of para-hydroxylation sites is 1. The third-order valence-electron chi connectivity index (χ3n) is 3.17. The molecule has 0 bridgehead atoms. The van der Waals surface area contributed by atoms with E-state index >= 15 is 0 Å². The van der Waals surface area contributed by atoms with Crippen LogP contribution in [0.25, 0.3) is 0 Å². The van der Waals surface area contributed by atoms with Crippen LogP contribution in [0.15, 0.2) is 48.5 Å². The quantitative estimate of drug-likeness (QED) is 0.824. The number of carbonyl (C=O) groups excluding carboxylic acids is 2. The highest BCUT2D eigenvalue weighted by molar-refractivity contribution is 5.98. The van der Waals surface area contributed by atoms with E-state index in [1.165, 1.54) is 14.2 Å². The Morgan fingerprint density at radius 2 is 1.65 bits per heavy atom. The molecule has 0 saturated heterocycles. The van der Waals surface area contributed by atoms with Gasteiger partial charge < -0.3 is 9.47 Å². The smallest absolute Gasteiger partial charge is 0.273 e. The molecule has 120 valence electrons. The van der Waals surface area contributed by atoms with Crippen LogP contribution in [-0.2, 0) is 11.2 Å². The van der Waals surface area contributed by atoms with E-state index in [4.69, 9.17) is 9.47 Å². The van der Waals surface area contributed by atoms with Crippen molar-refractivity contribution >= 4 is 11.8 Å². The van der Waals surface area contributed by atoms with Gasteiger partial charge in [0.2, 0.25) is 5.91 Å². The summed E-state index contributed by atoms with van der Waals surface area (Å²) in [5.41, 5.74) is 5.88. The van der Waals surface area contributed by atoms with Crippen molar-refractivity contribution in [1.82, 2.24) is 10.9 Å². The van der Waals surface area contributed by atoms with Gasteiger partial charge in [0.1, 0.15) is 0 Å². The van der Waals surface area contributed by atoms with Crippen molar-refractivity contribution in [3.05, 3.63) is 59.7 Å². The van der Waals surface area contributed by atoms with Crippen molar-refractivity contribution < 1.29 is 19.1 Å². The second kappa shape index (κ2) is 7.84. The fraction of sp³-hybridized carbons (Fsp3) is 0.176. The predicted octanol–water partition coefficient (Wildman–Crippen LogP) is 1.71. The number of nitrogens with one attached hydrogen (secondary N) is 2. The summed E-state index contributed by atoms with van der Waals surface area (Å²) >= 11 is 0. The van der Waals surface area contributed by atoms with Gasteiger partial charge in [0.05, 0.1) is 26.2 Å². The van der Waals surface area contributed by atoms with Crippen molar-refractivity contribution in [2.75, 3.05) is 14.2 Å². The lowest BCUT2D eigenvalue weighted by Gasteiger charge is -2.13. The number of amides is 2. The van der Waals surface area contributed by atoms with E-state index in [1.807, 2.05) is 30.3 Å². The molecule has 0 spiro atoms. The Morgan fingerprint density at radius 3 is 2.30 bits per heavy atom. The number of hydrogen-bond donors (Lipinski definition) is 2. The molecule has 0 radical (unpaired) electrons. The first-order valence-corrected chi connectivity index (χ1v) is 6.99. The summed E-state index contributed by atoms with van der Waals surface area (Å²) in [4.78, 5) is 24.0. The largest absolute Gasteiger partial charge is 0.493 e. The van der Waals surface area contributed by atoms with Gasteiger partial charge in [-0.25, -0.2) is 0 Å². The molecule has 2 aromatic carbocycles. The number of rotatable bonds is 5. The van der Waals surface area contributed by atoms with Gasteiger partial charge in [0.25, 0.3) is 5.91 Å². The Balaban J connectivity index is 1.98. The van der Waals surface area contributed by atoms with Crippen molar-refractivity contribution in [2.24, 2.45) is 0 Å². The summed E-state index contributed by atoms with van der Waals surface area (Å²) < 4.78 is 10.3. The molecule has 0 atom stereocenters. The van der Waals surface area contributed by atoms with Gasteiger partial charge in [-0.15, -0.1) is 0 Å². The van der Waals surface area contributed by atoms with E-state index in [9.17, 15) is 9.59 Å². The van der Waals surface area contributed by atoms with Crippen LogP contribution in [-0.4, -0.2) is 26.0 Å². The number of carbonyl (C=O) groups is 2. The van der Waals surface area contributed by atoms with Crippen LogP contribution in [0.1, 0.15) is 15.9 Å². The number of methoxy groups -OCH3 is 2. The van der Waals surface area contributed by atoms with Gasteiger partial charge in [-0.05, 0) is 17.7 Å². The van der Waals surface area contributed by atoms with Crippen LogP contribution in [0.3, 0.4) is 0 Å². The monoisotopic (exact) mass is 314 g/mol. The molecular formula is C17H18N2O4. The lowest BCUT2D eigenvalue weighted by molar-refractivity contribution is -0.121. The molecule has 2 N–H and O–H groups in total. The highest BCUT2D eigenvalue weighted by Gasteiger charge is 2.16. The topological polar surface area (TPSA) is 76.7 Å². The van der Waals surface area contributed by atoms with Gasteiger partial charge in [-0.3, -0.25) is 20.4 Å². The highest BCUT2D eigenvalue weighted by Crippen LogP contribution is 2.30. The maximum atomic E-state index is 12.2. The summed E-state index contributed by atoms with van der Waals surface area (Å²) in [6.45, 7) is 0. The summed E-state index contributed by atoms with van der Waals surface area (Å²) in [6, 6.07) is 14.2. The molecule has 0 aliphatic heterocycles. The molecule has 0 unspecified atom stereocenters. The normalized spacial score (nSPS) is 9.83. The average molecular weight is 314 g/mol. The van der Waals surface area contributed by atoms with E-state index in [0.29, 0.717) is 11.5 Å². The van der Waals surface area contributed by atoms with Crippen LogP contribution < -0.4 is 20.3 Å². The molecule has 0 aliphatic carbocycles. The standard InChI is InChI=1S/C17H18N2O4/c1-22-14-10-6-9-13(16(14)23-2)17(21)19-18-15(20)11-12-7-4-3-5-8-12/h3-10H,11H2,1-2H3,(H,18,20)(H,19,21). The Labute approximate surface area is 134 Å². The van der Waals surface area contributed by atoms with Gasteiger partial charge in [0, 0.05) is 0 Å². The van der Waals surface area contributed by atoms with Gasteiger partial charge >= 0.3 is 0 Å². The second-order valence-electron chi connectivity index (χ2n) is 4.71. The first kappa shape index (κ1) is 16.4. The van der Waals surface area contributed by atoms with Gasteiger partial charge in [-0.1, -0.05) is 36.4 Å². The molecule has 23 heavy (non-hydrogen) atoms. The number of benzene rings is 2. The van der Waals surface area contributed by atoms with Crippen LogP contribution in [0.5, 0.6) is 11.5 Å². The van der Waals surface area contributed by atoms with Crippen LogP contribution in [0.4, 0.5) is 0 Å². The number of hydrogen-bond acceptors (Lipinski definition) is 4. The molecule has 0 heterocycles. The zero-order valence-electron chi connectivity index (χ0n) is 13.0. The number of hydrazine groups is 1. The summed E-state index contributed by atoms with van der Waals surface area (Å²) in [6.07, 6.45) is 0.177. The molecule has 0 fully saturated rings. The van der Waals surface area contributed by atoms with Crippen LogP contribution >= 0.6 is 0 Å². The molecule has 6 nitrogen and oxygen atoms in total. The van der Waals surface area contributed by atoms with E-state index < -0.39 is 5.91 Å². The predicted molar refractivity (Wildman–Crippen MR) is 85.3 cm³/mol. The molecule has 6 heteroatoms. The second-order valence-corrected chi connectivity index (χ2v) is 4.71. The molecule has 2 rings (SSSR count). The minimum Gasteiger partial charge on any atom is -0.493 e. The first-order chi connectivity index (χ1) is 11.2. The fourth-order valence-electron chi connectivity index (χ4n) is 2.09. The van der Waals surface area contributed by atoms with Crippen molar-refractivity contribution in [3.8, 4) is 11.5 Å². The van der Waals surface area contributed by atoms with Crippen LogP contribution in [0, 0.1) is 0 Å². The zero-order valence-corrected chi connectivity index (χ0v) is 13.0. The summed E-state index contributed by atoms with van der Waals surface area (Å²) in [5, 5.41) is 0. The van der Waals surface area contributed by atoms with E-state index in [-0.39, 0.29) is 17.9 Å². The van der Waals surface area contributed by atoms with Crippen molar-refractivity contribution in [3.63, 3.8) is 0 Å². The van der Waals surface area contributed by atoms with E-state index in [2.05, 4.69) is 10.9 Å². The SMILES string of the molecule is COc1cccc(C(=O)NNC(=O)Cc2ccccc2)c1OC. The van der Waals surface area contributed by atoms with E-state index in [0.717, 1.165) is 5.56 Å². The molecule has 0 saturated carbocycles. The van der Waals surface area contributed by atoms with Crippen molar-refractivity contribution in [1.29, 1.82) is 0 Å². The lowest BCUT2D eigenvalue weighted by atomic mass is 10.1. The fourth-order valence-corrected chi connectivity index (χ4v) is 2.09. The maximum absolute atomic E-state index is 12.2. The van der Waals surface area contributed by atoms with Gasteiger partial charge in [0.15, 0.2) is 11.5 Å². The third-order valence-corrected chi connectivity index (χ3v) is 3.17. The molecule has 0 aromatic heterocycles. The summed E-state index contributed by atoms with van der Waals surface area (Å²) in [7, 11) is 2.93. The Kier molecular flexibility index (Phi) is 5.57. The third kappa shape index (κ3) is 4.23. The van der Waals surface area contributed by atoms with E-state index in [1.54, 1.807) is 18.2 Å². The Morgan fingerprint density at radius 1 is 0.913 bits per heavy atom. The Bertz CT molecular complexity index is 686. The van der Waals surface area contributed by atoms with Crippen LogP contribution in [0.2, 0.25) is 0 Å². The first-order valence-electron chi connectivity index (χ1n) is 6.99. The van der Waals surface area contributed by atoms with Crippen molar-refractivity contribution in [2.45, 2.75) is 6.42 Å². The highest BCUT2D eigenvalue weighted by atomic mass is 16.5. The summed E-state index contributed by atoms with van der Waals surface area (Å²) in [5.74, 6) is -0.0471. The number of ether oxygens (including phenoxy) is 2. The minimum atomic E-state index is -0.484. The zero-order chi connectivity index (χ0) is 16.7. The maximum Gasteiger partial charge on any atom is 0.273 e. The lowest BCUT2D eigenvalue weighted by Crippen LogP contribution is -2.42. The average Bonchev–Trinajstić information content (AvgIpc) is 2.59. The molecule has 0 aliphatic rings. The molecule has 2 aromatic rings. The molecular weight excluding hydrogens is 296 g/mol. The minimum absolute atomic E-state index is 0.177. The Hall–Kier alpha value is -3.02. The van der Waals surface area contributed by atoms with Gasteiger partial charge in [-0.2, -0.15) is 0 Å².